The third-order valence-electron chi connectivity index (χ3n) is 15.2. The molecule has 3 fully saturated rings. The Hall–Kier alpha value is -8.45. The van der Waals surface area contributed by atoms with E-state index in [4.69, 9.17) is 21.9 Å². The van der Waals surface area contributed by atoms with Crippen LogP contribution in [-0.2, 0) is 35.2 Å². The van der Waals surface area contributed by atoms with Gasteiger partial charge in [0.2, 0.25) is 35.4 Å². The maximum atomic E-state index is 14.5. The fraction of sp³-hybridized carbons (Fsp3) is 0.450. The van der Waals surface area contributed by atoms with E-state index in [1.54, 1.807) is 24.3 Å². The van der Waals surface area contributed by atoms with Gasteiger partial charge in [0, 0.05) is 38.0 Å². The molecule has 0 radical (unpaired) electrons. The molecule has 4 aromatic carbocycles. The van der Waals surface area contributed by atoms with Crippen molar-refractivity contribution >= 4 is 53.1 Å². The zero-order chi connectivity index (χ0) is 60.8. The molecule has 0 aromatic heterocycles. The number of carbonyl (C=O) groups excluding carboxylic acids is 8. The highest BCUT2D eigenvalue weighted by Crippen LogP contribution is 2.29. The first-order chi connectivity index (χ1) is 40.1. The molecular formula is C60H77N11O13. The molecule has 84 heavy (non-hydrogen) atoms. The summed E-state index contributed by atoms with van der Waals surface area (Å²) in [6.45, 7) is 4.09. The summed E-state index contributed by atoms with van der Waals surface area (Å²) in [4.78, 5) is 119. The number of rotatable bonds is 17. The molecule has 10 atom stereocenters. The van der Waals surface area contributed by atoms with Gasteiger partial charge in [0.1, 0.15) is 47.8 Å². The summed E-state index contributed by atoms with van der Waals surface area (Å²) in [6.07, 6.45) is -2.07. The van der Waals surface area contributed by atoms with Crippen molar-refractivity contribution in [1.82, 2.24) is 36.4 Å². The van der Waals surface area contributed by atoms with Gasteiger partial charge in [-0.2, -0.15) is 0 Å². The predicted molar refractivity (Wildman–Crippen MR) is 311 cm³/mol. The minimum absolute atomic E-state index is 0.0321. The normalized spacial score (nSPS) is 23.6. The maximum absolute atomic E-state index is 14.5. The number of aryl methyl sites for hydroxylation is 1. The number of ether oxygens (including phenoxy) is 1. The molecule has 0 bridgehead atoms. The zero-order valence-corrected chi connectivity index (χ0v) is 47.4. The fourth-order valence-electron chi connectivity index (χ4n) is 10.6. The van der Waals surface area contributed by atoms with E-state index in [0.717, 1.165) is 57.1 Å². The second-order valence-corrected chi connectivity index (χ2v) is 21.6. The summed E-state index contributed by atoms with van der Waals surface area (Å²) in [5.41, 5.74) is 21.2. The minimum Gasteiger partial charge on any atom is -0.507 e. The van der Waals surface area contributed by atoms with Crippen molar-refractivity contribution in [3.05, 3.63) is 108 Å². The fourth-order valence-corrected chi connectivity index (χ4v) is 10.6. The van der Waals surface area contributed by atoms with Crippen molar-refractivity contribution in [2.75, 3.05) is 32.8 Å². The van der Waals surface area contributed by atoms with Gasteiger partial charge in [-0.25, -0.2) is 4.99 Å². The number of aliphatic hydroxyl groups excluding tert-OH is 3. The van der Waals surface area contributed by atoms with Crippen LogP contribution >= 0.6 is 0 Å². The summed E-state index contributed by atoms with van der Waals surface area (Å²) >= 11 is 0. The monoisotopic (exact) mass is 1160 g/mol. The van der Waals surface area contributed by atoms with Crippen LogP contribution < -0.4 is 48.5 Å². The number of nitrogens with two attached hydrogens (primary N) is 3. The van der Waals surface area contributed by atoms with E-state index in [9.17, 15) is 58.8 Å². The minimum atomic E-state index is -1.74. The Kier molecular flexibility index (Phi) is 21.9. The van der Waals surface area contributed by atoms with Crippen LogP contribution in [0.2, 0.25) is 0 Å². The maximum Gasteiger partial charge on any atom is 0.251 e. The Labute approximate surface area is 486 Å². The number of phenolic OH excluding ortho intramolecular Hbond substituents is 1. The summed E-state index contributed by atoms with van der Waals surface area (Å²) in [7, 11) is 0. The number of aromatic hydroxyl groups is 1. The van der Waals surface area contributed by atoms with Crippen molar-refractivity contribution in [2.24, 2.45) is 22.2 Å². The average Bonchev–Trinajstić information content (AvgIpc) is 4.31. The van der Waals surface area contributed by atoms with Crippen LogP contribution in [0.25, 0.3) is 22.3 Å². The van der Waals surface area contributed by atoms with Gasteiger partial charge < -0.3 is 78.7 Å². The quantitative estimate of drug-likeness (QED) is 0.0296. The van der Waals surface area contributed by atoms with Gasteiger partial charge in [0.05, 0.1) is 43.1 Å². The molecule has 0 unspecified atom stereocenters. The number of Topliss-reactive ketones (excluding diaryl/α,β-unsaturated/α-hetero) is 1. The Morgan fingerprint density at radius 1 is 0.738 bits per heavy atom. The number of guanidine groups is 1. The Balaban J connectivity index is 1.15. The highest BCUT2D eigenvalue weighted by molar-refractivity contribution is 6.01. The molecule has 0 spiro atoms. The van der Waals surface area contributed by atoms with E-state index in [1.165, 1.54) is 32.0 Å². The Bertz CT molecular complexity index is 3030. The van der Waals surface area contributed by atoms with Gasteiger partial charge in [0.15, 0.2) is 11.7 Å². The summed E-state index contributed by atoms with van der Waals surface area (Å²) < 4.78 is 5.86. The number of carbonyl (C=O) groups is 8. The van der Waals surface area contributed by atoms with Gasteiger partial charge in [-0.05, 0) is 110 Å². The van der Waals surface area contributed by atoms with Crippen molar-refractivity contribution < 1.29 is 63.5 Å². The molecule has 24 heteroatoms. The number of phenols is 1. The predicted octanol–water partition coefficient (Wildman–Crippen LogP) is 0.499. The first-order valence-corrected chi connectivity index (χ1v) is 28.4. The molecule has 4 aromatic rings. The average molecular weight is 1160 g/mol. The van der Waals surface area contributed by atoms with Gasteiger partial charge in [-0.1, -0.05) is 74.4 Å². The standard InChI is InChI=1S/C60H77N11O13/c1-4-5-6-26-84-43-21-19-39(20-22-43)37-13-11-36(12-14-37)38-15-17-40(18-16-38)53(77)66-45-8-7-25-64-56(80)47-28-41(65-60(62)63)31-70(47)58(82)51(33(2)72)69-55(79)46(23-9-35-10-24-49(75)44(27-35)50(76)30-61)67-57(81)48-29-42(74)32-71(48)59(83)52(34(3)73)68-54(45)78/h10-22,24,27,33-34,41-42,45-48,51-52,72-75H,4-9,23,25-26,28-32,61H2,1-3H3,(H,64,80)(H,66,77)(H,67,81)(H,68,78)(H,69,79)(H4,62,63,65)/t33-,34-,41+,42-,45+,46+,47+,48+,51+,52+/m1/s1. The molecule has 0 aliphatic carbocycles. The Morgan fingerprint density at radius 3 is 1.89 bits per heavy atom. The second-order valence-electron chi connectivity index (χ2n) is 21.6. The van der Waals surface area contributed by atoms with Crippen molar-refractivity contribution in [3.63, 3.8) is 0 Å². The molecule has 3 aliphatic heterocycles. The number of ketones is 1. The lowest BCUT2D eigenvalue weighted by molar-refractivity contribution is -0.145. The number of aliphatic imine (C=N–C) groups is 1. The van der Waals surface area contributed by atoms with E-state index in [-0.39, 0.29) is 74.5 Å². The lowest BCUT2D eigenvalue weighted by Gasteiger charge is -2.32. The molecular weight excluding hydrogens is 1080 g/mol. The van der Waals surface area contributed by atoms with Gasteiger partial charge >= 0.3 is 0 Å². The zero-order valence-electron chi connectivity index (χ0n) is 47.4. The van der Waals surface area contributed by atoms with Crippen LogP contribution in [0, 0.1) is 0 Å². The Morgan fingerprint density at radius 2 is 1.31 bits per heavy atom. The van der Waals surface area contributed by atoms with Crippen LogP contribution in [0.15, 0.2) is 96.0 Å². The van der Waals surface area contributed by atoms with E-state index in [2.05, 4.69) is 38.5 Å². The van der Waals surface area contributed by atoms with Gasteiger partial charge in [-0.15, -0.1) is 0 Å². The number of aliphatic hydroxyl groups is 3. The first-order valence-electron chi connectivity index (χ1n) is 28.4. The van der Waals surface area contributed by atoms with E-state index in [1.807, 2.05) is 48.5 Å². The smallest absolute Gasteiger partial charge is 0.251 e. The summed E-state index contributed by atoms with van der Waals surface area (Å²) in [5, 5.41) is 56.8. The van der Waals surface area contributed by atoms with Crippen LogP contribution in [0.1, 0.15) is 98.4 Å². The first kappa shape index (κ1) is 63.1. The van der Waals surface area contributed by atoms with Crippen LogP contribution in [0.3, 0.4) is 0 Å². The largest absolute Gasteiger partial charge is 0.507 e. The number of benzene rings is 4. The van der Waals surface area contributed by atoms with E-state index in [0.29, 0.717) is 12.2 Å². The lowest BCUT2D eigenvalue weighted by Crippen LogP contribution is -2.61. The van der Waals surface area contributed by atoms with Crippen LogP contribution in [0.4, 0.5) is 0 Å². The van der Waals surface area contributed by atoms with E-state index < -0.39 is 121 Å². The lowest BCUT2D eigenvalue weighted by atomic mass is 9.99. The molecule has 3 aliphatic rings. The number of hydrogen-bond donors (Lipinski definition) is 12. The molecule has 24 nitrogen and oxygen atoms in total. The molecule has 450 valence electrons. The molecule has 7 amide bonds. The topological polar surface area (TPSA) is 384 Å². The molecule has 3 saturated heterocycles. The SMILES string of the molecule is CCCCCOc1ccc(-c2ccc(-c3ccc(C(=O)N[C@H]4CCCNC(=O)[C@@H]5C[C@H](N=C(N)N)CN5C(=O)[C@H]([C@@H](C)O)NC(=O)[C@H](CCc5ccc(O)c(C(=O)CN)c5)NC(=O)[C@@H]5C[C@@H](O)CN5C(=O)[C@H]([C@@H](C)O)NC4=O)cc3)cc2)cc1. The number of amides is 7. The highest BCUT2D eigenvalue weighted by atomic mass is 16.5. The second kappa shape index (κ2) is 29.2. The van der Waals surface area contributed by atoms with Crippen LogP contribution in [0.5, 0.6) is 11.5 Å². The third-order valence-corrected chi connectivity index (χ3v) is 15.2. The number of unbranched alkanes of at least 4 members (excludes halogenated alkanes) is 2. The highest BCUT2D eigenvalue weighted by Gasteiger charge is 2.46. The summed E-state index contributed by atoms with van der Waals surface area (Å²) in [5.74, 6) is -6.53. The number of nitrogens with one attached hydrogen (secondary N) is 5. The molecule has 15 N–H and O–H groups in total. The van der Waals surface area contributed by atoms with E-state index >= 15 is 0 Å². The third kappa shape index (κ3) is 16.2. The molecule has 3 heterocycles. The number of nitrogens with zero attached hydrogens (tertiary/aromatic N) is 3. The van der Waals surface area contributed by atoms with Crippen LogP contribution in [-0.4, -0.2) is 177 Å². The molecule has 0 saturated carbocycles. The number of fused-ring (bicyclic) bond motifs is 2. The molecule has 7 rings (SSSR count). The van der Waals surface area contributed by atoms with Gasteiger partial charge in [-0.3, -0.25) is 38.4 Å². The van der Waals surface area contributed by atoms with Crippen molar-refractivity contribution in [1.29, 1.82) is 0 Å². The van der Waals surface area contributed by atoms with Gasteiger partial charge in [0.25, 0.3) is 5.91 Å². The number of hydrogen-bond acceptors (Lipinski definition) is 15. The summed E-state index contributed by atoms with van der Waals surface area (Å²) in [6, 6.07) is 16.7. The van der Waals surface area contributed by atoms with Crippen molar-refractivity contribution in [2.45, 2.75) is 139 Å². The van der Waals surface area contributed by atoms with Crippen molar-refractivity contribution in [3.8, 4) is 33.8 Å².